The SMILES string of the molecule is CNCc1cc(C)nc(N2CCC(C)C(OC)C2)c1. The summed E-state index contributed by atoms with van der Waals surface area (Å²) < 4.78 is 5.58. The number of ether oxygens (including phenoxy) is 1. The van der Waals surface area contributed by atoms with Gasteiger partial charge in [-0.25, -0.2) is 4.98 Å². The number of rotatable bonds is 4. The Morgan fingerprint density at radius 3 is 2.95 bits per heavy atom. The molecule has 2 atom stereocenters. The van der Waals surface area contributed by atoms with Crippen molar-refractivity contribution in [2.45, 2.75) is 32.9 Å². The third kappa shape index (κ3) is 3.45. The molecule has 19 heavy (non-hydrogen) atoms. The summed E-state index contributed by atoms with van der Waals surface area (Å²) in [5, 5.41) is 3.20. The fraction of sp³-hybridized carbons (Fsp3) is 0.667. The van der Waals surface area contributed by atoms with Gasteiger partial charge in [-0.2, -0.15) is 0 Å². The second-order valence-corrected chi connectivity index (χ2v) is 5.49. The number of nitrogens with one attached hydrogen (secondary N) is 1. The Kier molecular flexibility index (Phi) is 4.77. The monoisotopic (exact) mass is 263 g/mol. The molecule has 0 aliphatic carbocycles. The lowest BCUT2D eigenvalue weighted by Gasteiger charge is -2.37. The van der Waals surface area contributed by atoms with Crippen molar-refractivity contribution in [1.82, 2.24) is 10.3 Å². The van der Waals surface area contributed by atoms with Crippen molar-refractivity contribution >= 4 is 5.82 Å². The first-order valence-electron chi connectivity index (χ1n) is 7.04. The van der Waals surface area contributed by atoms with Crippen molar-refractivity contribution in [3.8, 4) is 0 Å². The van der Waals surface area contributed by atoms with Gasteiger partial charge in [-0.15, -0.1) is 0 Å². The van der Waals surface area contributed by atoms with E-state index < -0.39 is 0 Å². The van der Waals surface area contributed by atoms with Gasteiger partial charge in [-0.1, -0.05) is 6.92 Å². The topological polar surface area (TPSA) is 37.4 Å². The van der Waals surface area contributed by atoms with Gasteiger partial charge in [0.25, 0.3) is 0 Å². The number of pyridine rings is 1. The summed E-state index contributed by atoms with van der Waals surface area (Å²) in [6.07, 6.45) is 1.47. The van der Waals surface area contributed by atoms with Gasteiger partial charge < -0.3 is 15.0 Å². The minimum absolute atomic E-state index is 0.309. The summed E-state index contributed by atoms with van der Waals surface area (Å²) in [6, 6.07) is 4.33. The van der Waals surface area contributed by atoms with E-state index in [0.717, 1.165) is 37.6 Å². The molecule has 1 aromatic heterocycles. The molecule has 106 valence electrons. The smallest absolute Gasteiger partial charge is 0.129 e. The molecule has 2 rings (SSSR count). The average Bonchev–Trinajstić information content (AvgIpc) is 2.39. The van der Waals surface area contributed by atoms with Crippen LogP contribution in [-0.4, -0.2) is 38.3 Å². The van der Waals surface area contributed by atoms with E-state index >= 15 is 0 Å². The van der Waals surface area contributed by atoms with Crippen LogP contribution in [0.2, 0.25) is 0 Å². The van der Waals surface area contributed by atoms with E-state index in [4.69, 9.17) is 4.74 Å². The van der Waals surface area contributed by atoms with Crippen molar-refractivity contribution in [1.29, 1.82) is 0 Å². The highest BCUT2D eigenvalue weighted by molar-refractivity contribution is 5.43. The molecule has 0 amide bonds. The zero-order valence-corrected chi connectivity index (χ0v) is 12.4. The van der Waals surface area contributed by atoms with Crippen molar-refractivity contribution in [3.05, 3.63) is 23.4 Å². The molecule has 0 bridgehead atoms. The normalized spacial score (nSPS) is 23.7. The summed E-state index contributed by atoms with van der Waals surface area (Å²) in [5.74, 6) is 1.71. The lowest BCUT2D eigenvalue weighted by Crippen LogP contribution is -2.44. The quantitative estimate of drug-likeness (QED) is 0.901. The lowest BCUT2D eigenvalue weighted by atomic mass is 9.96. The predicted octanol–water partition coefficient (Wildman–Crippen LogP) is 1.97. The fourth-order valence-electron chi connectivity index (χ4n) is 2.74. The Labute approximate surface area is 116 Å². The third-order valence-corrected chi connectivity index (χ3v) is 3.90. The summed E-state index contributed by atoms with van der Waals surface area (Å²) in [7, 11) is 3.78. The Hall–Kier alpha value is -1.13. The molecule has 4 heteroatoms. The number of aryl methyl sites for hydroxylation is 1. The Balaban J connectivity index is 2.17. The Morgan fingerprint density at radius 1 is 1.47 bits per heavy atom. The van der Waals surface area contributed by atoms with Gasteiger partial charge in [0.1, 0.15) is 5.82 Å². The summed E-state index contributed by atoms with van der Waals surface area (Å²) >= 11 is 0. The van der Waals surface area contributed by atoms with Crippen molar-refractivity contribution < 1.29 is 4.74 Å². The van der Waals surface area contributed by atoms with Crippen LogP contribution in [0.5, 0.6) is 0 Å². The van der Waals surface area contributed by atoms with Crippen LogP contribution in [0.25, 0.3) is 0 Å². The molecule has 1 saturated heterocycles. The highest BCUT2D eigenvalue weighted by Crippen LogP contribution is 2.24. The van der Waals surface area contributed by atoms with Crippen LogP contribution in [-0.2, 0) is 11.3 Å². The predicted molar refractivity (Wildman–Crippen MR) is 78.5 cm³/mol. The maximum atomic E-state index is 5.58. The molecule has 1 aliphatic rings. The molecule has 1 aliphatic heterocycles. The van der Waals surface area contributed by atoms with Crippen molar-refractivity contribution in [2.24, 2.45) is 5.92 Å². The number of aromatic nitrogens is 1. The van der Waals surface area contributed by atoms with Gasteiger partial charge in [0, 0.05) is 32.4 Å². The van der Waals surface area contributed by atoms with Gasteiger partial charge in [0.2, 0.25) is 0 Å². The largest absolute Gasteiger partial charge is 0.379 e. The van der Waals surface area contributed by atoms with Gasteiger partial charge in [0.05, 0.1) is 6.10 Å². The Morgan fingerprint density at radius 2 is 2.26 bits per heavy atom. The standard InChI is InChI=1S/C15H25N3O/c1-11-5-6-18(10-14(11)19-4)15-8-13(9-16-3)7-12(2)17-15/h7-8,11,14,16H,5-6,9-10H2,1-4H3. The zero-order chi connectivity index (χ0) is 13.8. The van der Waals surface area contributed by atoms with Crippen molar-refractivity contribution in [3.63, 3.8) is 0 Å². The molecular weight excluding hydrogens is 238 g/mol. The molecule has 0 saturated carbocycles. The highest BCUT2D eigenvalue weighted by atomic mass is 16.5. The first-order chi connectivity index (χ1) is 9.13. The van der Waals surface area contributed by atoms with Gasteiger partial charge >= 0.3 is 0 Å². The molecule has 2 unspecified atom stereocenters. The van der Waals surface area contributed by atoms with E-state index in [-0.39, 0.29) is 0 Å². The number of nitrogens with zero attached hydrogens (tertiary/aromatic N) is 2. The van der Waals surface area contributed by atoms with E-state index in [9.17, 15) is 0 Å². The van der Waals surface area contributed by atoms with E-state index in [2.05, 4.69) is 41.2 Å². The minimum atomic E-state index is 0.309. The van der Waals surface area contributed by atoms with Crippen LogP contribution in [0.4, 0.5) is 5.82 Å². The van der Waals surface area contributed by atoms with Crippen LogP contribution in [0.3, 0.4) is 0 Å². The fourth-order valence-corrected chi connectivity index (χ4v) is 2.74. The second-order valence-electron chi connectivity index (χ2n) is 5.49. The van der Waals surface area contributed by atoms with Gasteiger partial charge in [-0.05, 0) is 44.0 Å². The van der Waals surface area contributed by atoms with Crippen LogP contribution in [0, 0.1) is 12.8 Å². The second kappa shape index (κ2) is 6.35. The molecule has 2 heterocycles. The third-order valence-electron chi connectivity index (χ3n) is 3.90. The average molecular weight is 263 g/mol. The molecule has 0 aromatic carbocycles. The molecule has 1 N–H and O–H groups in total. The van der Waals surface area contributed by atoms with Crippen LogP contribution < -0.4 is 10.2 Å². The molecule has 4 nitrogen and oxygen atoms in total. The first-order valence-corrected chi connectivity index (χ1v) is 7.04. The first kappa shape index (κ1) is 14.3. The summed E-state index contributed by atoms with van der Waals surface area (Å²) in [4.78, 5) is 7.02. The number of anilines is 1. The van der Waals surface area contributed by atoms with Gasteiger partial charge in [0.15, 0.2) is 0 Å². The lowest BCUT2D eigenvalue weighted by molar-refractivity contribution is 0.0496. The van der Waals surface area contributed by atoms with Crippen LogP contribution in [0.1, 0.15) is 24.6 Å². The number of hydrogen-bond acceptors (Lipinski definition) is 4. The Bertz CT molecular complexity index is 422. The highest BCUT2D eigenvalue weighted by Gasteiger charge is 2.26. The van der Waals surface area contributed by atoms with Crippen LogP contribution in [0.15, 0.2) is 12.1 Å². The van der Waals surface area contributed by atoms with Crippen molar-refractivity contribution in [2.75, 3.05) is 32.1 Å². The number of hydrogen-bond donors (Lipinski definition) is 1. The minimum Gasteiger partial charge on any atom is -0.379 e. The number of methoxy groups -OCH3 is 1. The molecule has 1 fully saturated rings. The van der Waals surface area contributed by atoms with E-state index in [1.165, 1.54) is 5.56 Å². The molecule has 0 spiro atoms. The summed E-state index contributed by atoms with van der Waals surface area (Å²) in [6.45, 7) is 7.21. The summed E-state index contributed by atoms with van der Waals surface area (Å²) in [5.41, 5.74) is 2.37. The molecule has 1 aromatic rings. The maximum Gasteiger partial charge on any atom is 0.129 e. The number of piperidine rings is 1. The zero-order valence-electron chi connectivity index (χ0n) is 12.4. The van der Waals surface area contributed by atoms with E-state index in [1.54, 1.807) is 7.11 Å². The molecular formula is C15H25N3O. The maximum absolute atomic E-state index is 5.58. The molecule has 0 radical (unpaired) electrons. The van der Waals surface area contributed by atoms with E-state index in [0.29, 0.717) is 12.0 Å². The van der Waals surface area contributed by atoms with Crippen LogP contribution >= 0.6 is 0 Å². The van der Waals surface area contributed by atoms with E-state index in [1.807, 2.05) is 7.05 Å². The van der Waals surface area contributed by atoms with Gasteiger partial charge in [-0.3, -0.25) is 0 Å².